The van der Waals surface area contributed by atoms with Gasteiger partial charge in [0.2, 0.25) is 0 Å². The van der Waals surface area contributed by atoms with Crippen LogP contribution in [0.4, 0.5) is 0 Å². The molecule has 0 radical (unpaired) electrons. The average Bonchev–Trinajstić information content (AvgIpc) is 2.46. The standard InChI is InChI=1S/C14H25N3O3.HI/c1-14(9-20-10-14)8-16-13(15-2)17-6-4-11(5-7-17)12(18)19-3;/h11H,4-10H2,1-3H3,(H,15,16);1H. The summed E-state index contributed by atoms with van der Waals surface area (Å²) < 4.78 is 10.1. The van der Waals surface area contributed by atoms with Gasteiger partial charge < -0.3 is 19.7 Å². The molecular weight excluding hydrogens is 385 g/mol. The SMILES string of the molecule is CN=C(NCC1(C)COC1)N1CCC(C(=O)OC)CC1.I. The van der Waals surface area contributed by atoms with Gasteiger partial charge in [0.1, 0.15) is 0 Å². The maximum Gasteiger partial charge on any atom is 0.308 e. The third-order valence-corrected chi connectivity index (χ3v) is 4.12. The van der Waals surface area contributed by atoms with Crippen molar-refractivity contribution in [3.8, 4) is 0 Å². The van der Waals surface area contributed by atoms with Crippen molar-refractivity contribution in [2.24, 2.45) is 16.3 Å². The smallest absolute Gasteiger partial charge is 0.308 e. The minimum atomic E-state index is -0.0910. The Morgan fingerprint density at radius 3 is 2.48 bits per heavy atom. The number of carbonyl (C=O) groups is 1. The summed E-state index contributed by atoms with van der Waals surface area (Å²) in [6, 6.07) is 0. The van der Waals surface area contributed by atoms with Gasteiger partial charge in [-0.05, 0) is 12.8 Å². The monoisotopic (exact) mass is 411 g/mol. The van der Waals surface area contributed by atoms with Gasteiger partial charge in [0, 0.05) is 32.1 Å². The molecule has 2 saturated heterocycles. The molecule has 0 amide bonds. The average molecular weight is 411 g/mol. The molecule has 2 aliphatic heterocycles. The van der Waals surface area contributed by atoms with E-state index in [2.05, 4.69) is 22.1 Å². The van der Waals surface area contributed by atoms with Gasteiger partial charge in [0.15, 0.2) is 5.96 Å². The van der Waals surface area contributed by atoms with E-state index in [0.29, 0.717) is 0 Å². The van der Waals surface area contributed by atoms with Crippen molar-refractivity contribution in [1.82, 2.24) is 10.2 Å². The van der Waals surface area contributed by atoms with Gasteiger partial charge in [0.05, 0.1) is 26.2 Å². The number of nitrogens with zero attached hydrogens (tertiary/aromatic N) is 2. The van der Waals surface area contributed by atoms with Gasteiger partial charge in [-0.2, -0.15) is 0 Å². The van der Waals surface area contributed by atoms with Gasteiger partial charge in [-0.3, -0.25) is 9.79 Å². The third-order valence-electron chi connectivity index (χ3n) is 4.12. The Labute approximate surface area is 143 Å². The number of carbonyl (C=O) groups excluding carboxylic acids is 1. The number of hydrogen-bond donors (Lipinski definition) is 1. The van der Waals surface area contributed by atoms with Gasteiger partial charge >= 0.3 is 5.97 Å². The summed E-state index contributed by atoms with van der Waals surface area (Å²) >= 11 is 0. The van der Waals surface area contributed by atoms with Crippen LogP contribution in [0, 0.1) is 11.3 Å². The Balaban J connectivity index is 0.00000220. The molecule has 122 valence electrons. The van der Waals surface area contributed by atoms with Crippen molar-refractivity contribution >= 4 is 35.9 Å². The number of aliphatic imine (C=N–C) groups is 1. The van der Waals surface area contributed by atoms with Crippen LogP contribution in [0.5, 0.6) is 0 Å². The van der Waals surface area contributed by atoms with Crippen LogP contribution in [0.1, 0.15) is 19.8 Å². The predicted octanol–water partition coefficient (Wildman–Crippen LogP) is 1.10. The molecule has 1 N–H and O–H groups in total. The van der Waals surface area contributed by atoms with E-state index in [0.717, 1.165) is 51.6 Å². The zero-order valence-electron chi connectivity index (χ0n) is 13.1. The van der Waals surface area contributed by atoms with Crippen LogP contribution in [-0.2, 0) is 14.3 Å². The molecule has 6 nitrogen and oxygen atoms in total. The van der Waals surface area contributed by atoms with Gasteiger partial charge in [0.25, 0.3) is 0 Å². The summed E-state index contributed by atoms with van der Waals surface area (Å²) in [4.78, 5) is 18.1. The Morgan fingerprint density at radius 1 is 1.43 bits per heavy atom. The summed E-state index contributed by atoms with van der Waals surface area (Å²) in [5.74, 6) is 0.861. The molecule has 7 heteroatoms. The Kier molecular flexibility index (Phi) is 7.19. The van der Waals surface area contributed by atoms with Crippen LogP contribution in [0.25, 0.3) is 0 Å². The fourth-order valence-electron chi connectivity index (χ4n) is 2.67. The lowest BCUT2D eigenvalue weighted by Gasteiger charge is -2.40. The Bertz CT molecular complexity index is 378. The number of nitrogens with one attached hydrogen (secondary N) is 1. The first-order valence-corrected chi connectivity index (χ1v) is 7.19. The largest absolute Gasteiger partial charge is 0.469 e. The van der Waals surface area contributed by atoms with Crippen molar-refractivity contribution in [3.63, 3.8) is 0 Å². The highest BCUT2D eigenvalue weighted by Crippen LogP contribution is 2.25. The molecule has 0 unspecified atom stereocenters. The number of hydrogen-bond acceptors (Lipinski definition) is 4. The van der Waals surface area contributed by atoms with E-state index in [4.69, 9.17) is 9.47 Å². The molecule has 2 fully saturated rings. The van der Waals surface area contributed by atoms with Crippen molar-refractivity contribution in [3.05, 3.63) is 0 Å². The van der Waals surface area contributed by atoms with Crippen LogP contribution < -0.4 is 5.32 Å². The highest BCUT2D eigenvalue weighted by atomic mass is 127. The molecule has 0 aromatic rings. The number of halogens is 1. The van der Waals surface area contributed by atoms with Crippen molar-refractivity contribution in [2.45, 2.75) is 19.8 Å². The summed E-state index contributed by atoms with van der Waals surface area (Å²) in [5, 5.41) is 3.42. The molecule has 0 saturated carbocycles. The molecule has 0 bridgehead atoms. The molecule has 0 aliphatic carbocycles. The summed E-state index contributed by atoms with van der Waals surface area (Å²) in [6.45, 7) is 6.37. The molecular formula is C14H26IN3O3. The molecule has 0 aromatic heterocycles. The van der Waals surface area contributed by atoms with Crippen LogP contribution in [-0.4, -0.2) is 63.8 Å². The van der Waals surface area contributed by atoms with Crippen LogP contribution in [0.2, 0.25) is 0 Å². The number of esters is 1. The fourth-order valence-corrected chi connectivity index (χ4v) is 2.67. The second-order valence-electron chi connectivity index (χ2n) is 5.99. The maximum atomic E-state index is 11.5. The second kappa shape index (κ2) is 8.17. The van der Waals surface area contributed by atoms with Crippen molar-refractivity contribution < 1.29 is 14.3 Å². The highest BCUT2D eigenvalue weighted by molar-refractivity contribution is 14.0. The lowest BCUT2D eigenvalue weighted by atomic mass is 9.89. The van der Waals surface area contributed by atoms with Gasteiger partial charge in [-0.25, -0.2) is 0 Å². The quantitative estimate of drug-likeness (QED) is 0.326. The summed E-state index contributed by atoms with van der Waals surface area (Å²) in [7, 11) is 3.25. The lowest BCUT2D eigenvalue weighted by Crippen LogP contribution is -2.53. The number of guanidine groups is 1. The molecule has 0 aromatic carbocycles. The predicted molar refractivity (Wildman–Crippen MR) is 92.0 cm³/mol. The van der Waals surface area contributed by atoms with Crippen LogP contribution >= 0.6 is 24.0 Å². The van der Waals surface area contributed by atoms with E-state index in [9.17, 15) is 4.79 Å². The molecule has 0 spiro atoms. The van der Waals surface area contributed by atoms with E-state index in [1.54, 1.807) is 7.05 Å². The number of methoxy groups -OCH3 is 1. The number of ether oxygens (including phenoxy) is 2. The summed E-state index contributed by atoms with van der Waals surface area (Å²) in [6.07, 6.45) is 1.65. The number of rotatable bonds is 3. The Hall–Kier alpha value is -0.570. The van der Waals surface area contributed by atoms with Crippen LogP contribution in [0.3, 0.4) is 0 Å². The lowest BCUT2D eigenvalue weighted by molar-refractivity contribution is -0.146. The van der Waals surface area contributed by atoms with Gasteiger partial charge in [-0.15, -0.1) is 24.0 Å². The van der Waals surface area contributed by atoms with Crippen molar-refractivity contribution in [2.75, 3.05) is 47.0 Å². The van der Waals surface area contributed by atoms with E-state index >= 15 is 0 Å². The van der Waals surface area contributed by atoms with Crippen LogP contribution in [0.15, 0.2) is 4.99 Å². The maximum absolute atomic E-state index is 11.5. The van der Waals surface area contributed by atoms with E-state index in [1.165, 1.54) is 7.11 Å². The molecule has 2 aliphatic rings. The minimum absolute atomic E-state index is 0. The van der Waals surface area contributed by atoms with E-state index in [-0.39, 0.29) is 41.3 Å². The highest BCUT2D eigenvalue weighted by Gasteiger charge is 2.34. The fraction of sp³-hybridized carbons (Fsp3) is 0.857. The van der Waals surface area contributed by atoms with E-state index < -0.39 is 0 Å². The number of piperidine rings is 1. The molecule has 2 rings (SSSR count). The normalized spacial score (nSPS) is 22.0. The molecule has 21 heavy (non-hydrogen) atoms. The van der Waals surface area contributed by atoms with E-state index in [1.807, 2.05) is 0 Å². The molecule has 2 heterocycles. The topological polar surface area (TPSA) is 63.2 Å². The first kappa shape index (κ1) is 18.5. The Morgan fingerprint density at radius 2 is 2.05 bits per heavy atom. The second-order valence-corrected chi connectivity index (χ2v) is 5.99. The number of likely N-dealkylation sites (tertiary alicyclic amines) is 1. The van der Waals surface area contributed by atoms with Gasteiger partial charge in [-0.1, -0.05) is 6.92 Å². The minimum Gasteiger partial charge on any atom is -0.469 e. The summed E-state index contributed by atoms with van der Waals surface area (Å²) in [5.41, 5.74) is 0.222. The third kappa shape index (κ3) is 4.70. The zero-order chi connectivity index (χ0) is 14.6. The van der Waals surface area contributed by atoms with Crippen molar-refractivity contribution in [1.29, 1.82) is 0 Å². The molecule has 0 atom stereocenters. The first-order chi connectivity index (χ1) is 9.58. The zero-order valence-corrected chi connectivity index (χ0v) is 15.4. The first-order valence-electron chi connectivity index (χ1n) is 7.19.